The fourth-order valence-electron chi connectivity index (χ4n) is 2.56. The largest absolute Gasteiger partial charge is 0.480 e. The lowest BCUT2D eigenvalue weighted by atomic mass is 10.0. The maximum absolute atomic E-state index is 11.3. The highest BCUT2D eigenvalue weighted by molar-refractivity contribution is 5.84. The molecule has 0 aromatic heterocycles. The summed E-state index contributed by atoms with van der Waals surface area (Å²) < 4.78 is 0. The third kappa shape index (κ3) is 2.76. The summed E-state index contributed by atoms with van der Waals surface area (Å²) in [7, 11) is 0. The fourth-order valence-corrected chi connectivity index (χ4v) is 2.56. The Bertz CT molecular complexity index is 570. The number of carboxylic acid groups (broad SMARTS) is 1. The monoisotopic (exact) mass is 295 g/mol. The highest BCUT2D eigenvalue weighted by Gasteiger charge is 2.37. The normalized spacial score (nSPS) is 18.3. The number of para-hydroxylation sites is 1. The van der Waals surface area contributed by atoms with Crippen LogP contribution in [0.25, 0.3) is 0 Å². The van der Waals surface area contributed by atoms with Crippen molar-refractivity contribution < 1.29 is 19.7 Å². The molecule has 1 heterocycles. The molecule has 0 spiro atoms. The van der Waals surface area contributed by atoms with E-state index in [4.69, 9.17) is 0 Å². The van der Waals surface area contributed by atoms with Crippen molar-refractivity contribution in [1.29, 1.82) is 0 Å². The molecule has 9 nitrogen and oxygen atoms in total. The van der Waals surface area contributed by atoms with Gasteiger partial charge in [-0.2, -0.15) is 0 Å². The molecular weight excluding hydrogens is 282 g/mol. The maximum Gasteiger partial charge on any atom is 0.326 e. The Balaban J connectivity index is 2.61. The smallest absolute Gasteiger partial charge is 0.326 e. The van der Waals surface area contributed by atoms with Crippen molar-refractivity contribution in [3.63, 3.8) is 0 Å². The van der Waals surface area contributed by atoms with Crippen molar-refractivity contribution in [3.8, 4) is 0 Å². The Morgan fingerprint density at radius 2 is 1.76 bits per heavy atom. The van der Waals surface area contributed by atoms with Crippen LogP contribution in [0.1, 0.15) is 19.3 Å². The first-order valence-corrected chi connectivity index (χ1v) is 6.34. The Morgan fingerprint density at radius 3 is 2.24 bits per heavy atom. The zero-order valence-corrected chi connectivity index (χ0v) is 11.0. The van der Waals surface area contributed by atoms with E-state index in [0.29, 0.717) is 19.3 Å². The topological polar surface area (TPSA) is 127 Å². The van der Waals surface area contributed by atoms with E-state index < -0.39 is 33.2 Å². The van der Waals surface area contributed by atoms with Crippen molar-refractivity contribution in [1.82, 2.24) is 0 Å². The maximum atomic E-state index is 11.3. The molecule has 1 atom stereocenters. The van der Waals surface area contributed by atoms with Gasteiger partial charge in [0.1, 0.15) is 6.04 Å². The number of nitro benzene ring substituents is 2. The molecule has 112 valence electrons. The lowest BCUT2D eigenvalue weighted by Crippen LogP contribution is -2.45. The number of hydrogen-bond donors (Lipinski definition) is 1. The molecule has 2 rings (SSSR count). The van der Waals surface area contributed by atoms with Crippen LogP contribution in [0.4, 0.5) is 17.1 Å². The molecule has 21 heavy (non-hydrogen) atoms. The number of nitrogens with zero attached hydrogens (tertiary/aromatic N) is 3. The van der Waals surface area contributed by atoms with Crippen LogP contribution in [0.15, 0.2) is 18.2 Å². The van der Waals surface area contributed by atoms with Gasteiger partial charge >= 0.3 is 5.97 Å². The molecule has 0 saturated carbocycles. The summed E-state index contributed by atoms with van der Waals surface area (Å²) in [5.41, 5.74) is -1.12. The molecular formula is C12H13N3O6. The summed E-state index contributed by atoms with van der Waals surface area (Å²) >= 11 is 0. The van der Waals surface area contributed by atoms with Gasteiger partial charge < -0.3 is 10.0 Å². The summed E-state index contributed by atoms with van der Waals surface area (Å²) in [6, 6.07) is 2.53. The molecule has 0 bridgehead atoms. The zero-order chi connectivity index (χ0) is 15.6. The predicted octanol–water partition coefficient (Wildman–Crippen LogP) is 1.95. The van der Waals surface area contributed by atoms with E-state index in [1.165, 1.54) is 11.0 Å². The molecule has 1 N–H and O–H groups in total. The van der Waals surface area contributed by atoms with Crippen molar-refractivity contribution >= 4 is 23.0 Å². The van der Waals surface area contributed by atoms with Crippen LogP contribution in [-0.2, 0) is 4.79 Å². The molecule has 1 fully saturated rings. The minimum atomic E-state index is -1.14. The third-order valence-electron chi connectivity index (χ3n) is 3.46. The minimum absolute atomic E-state index is 0.223. The number of piperidine rings is 1. The number of aliphatic carboxylic acids is 1. The van der Waals surface area contributed by atoms with E-state index >= 15 is 0 Å². The van der Waals surface area contributed by atoms with Crippen LogP contribution in [-0.4, -0.2) is 33.5 Å². The van der Waals surface area contributed by atoms with Crippen LogP contribution >= 0.6 is 0 Å². The van der Waals surface area contributed by atoms with Crippen LogP contribution < -0.4 is 4.90 Å². The van der Waals surface area contributed by atoms with Gasteiger partial charge in [-0.15, -0.1) is 0 Å². The lowest BCUT2D eigenvalue weighted by molar-refractivity contribution is -0.392. The molecule has 1 aromatic rings. The SMILES string of the molecule is O=C(O)C1CCCCN1c1c([N+](=O)[O-])cccc1[N+](=O)[O-]. The second-order valence-electron chi connectivity index (χ2n) is 4.70. The number of anilines is 1. The molecule has 0 radical (unpaired) electrons. The van der Waals surface area contributed by atoms with Gasteiger partial charge in [0.25, 0.3) is 11.4 Å². The number of rotatable bonds is 4. The standard InChI is InChI=1S/C12H13N3O6/c16-12(17)10-4-1-2-7-13(10)11-8(14(18)19)5-3-6-9(11)15(20)21/h3,5-6,10H,1-2,4,7H2,(H,16,17). The van der Waals surface area contributed by atoms with Gasteiger partial charge in [-0.1, -0.05) is 0 Å². The van der Waals surface area contributed by atoms with E-state index in [1.807, 2.05) is 0 Å². The molecule has 1 aromatic carbocycles. The van der Waals surface area contributed by atoms with E-state index in [2.05, 4.69) is 0 Å². The van der Waals surface area contributed by atoms with Gasteiger partial charge in [0.15, 0.2) is 5.69 Å². The first-order valence-electron chi connectivity index (χ1n) is 6.34. The van der Waals surface area contributed by atoms with Gasteiger partial charge in [-0.3, -0.25) is 20.2 Å². The molecule has 1 unspecified atom stereocenters. The summed E-state index contributed by atoms with van der Waals surface area (Å²) in [6.07, 6.45) is 1.60. The van der Waals surface area contributed by atoms with Crippen LogP contribution in [0.2, 0.25) is 0 Å². The first kappa shape index (κ1) is 14.7. The van der Waals surface area contributed by atoms with Crippen molar-refractivity contribution in [2.45, 2.75) is 25.3 Å². The van der Waals surface area contributed by atoms with E-state index in [9.17, 15) is 30.1 Å². The number of benzene rings is 1. The Labute approximate surface area is 119 Å². The van der Waals surface area contributed by atoms with Crippen LogP contribution in [0.5, 0.6) is 0 Å². The van der Waals surface area contributed by atoms with E-state index in [1.54, 1.807) is 0 Å². The zero-order valence-electron chi connectivity index (χ0n) is 11.0. The minimum Gasteiger partial charge on any atom is -0.480 e. The highest BCUT2D eigenvalue weighted by Crippen LogP contribution is 2.40. The number of carbonyl (C=O) groups is 1. The van der Waals surface area contributed by atoms with E-state index in [-0.39, 0.29) is 12.2 Å². The second kappa shape index (κ2) is 5.73. The molecule has 1 saturated heterocycles. The molecule has 0 amide bonds. The van der Waals surface area contributed by atoms with Gasteiger partial charge in [-0.05, 0) is 25.3 Å². The Morgan fingerprint density at radius 1 is 1.19 bits per heavy atom. The average molecular weight is 295 g/mol. The Kier molecular flexibility index (Phi) is 4.01. The number of nitro groups is 2. The van der Waals surface area contributed by atoms with Crippen molar-refractivity contribution in [2.24, 2.45) is 0 Å². The molecule has 9 heteroatoms. The van der Waals surface area contributed by atoms with Crippen LogP contribution in [0.3, 0.4) is 0 Å². The highest BCUT2D eigenvalue weighted by atomic mass is 16.6. The van der Waals surface area contributed by atoms with Gasteiger partial charge in [0, 0.05) is 18.7 Å². The van der Waals surface area contributed by atoms with Gasteiger partial charge in [0.05, 0.1) is 9.85 Å². The van der Waals surface area contributed by atoms with E-state index in [0.717, 1.165) is 12.1 Å². The van der Waals surface area contributed by atoms with Crippen molar-refractivity contribution in [3.05, 3.63) is 38.4 Å². The average Bonchev–Trinajstić information content (AvgIpc) is 2.46. The number of hydrogen-bond acceptors (Lipinski definition) is 6. The fraction of sp³-hybridized carbons (Fsp3) is 0.417. The summed E-state index contributed by atoms with van der Waals surface area (Å²) in [4.78, 5) is 33.4. The van der Waals surface area contributed by atoms with Crippen LogP contribution in [0, 0.1) is 20.2 Å². The quantitative estimate of drug-likeness (QED) is 0.664. The Hall–Kier alpha value is -2.71. The lowest BCUT2D eigenvalue weighted by Gasteiger charge is -2.33. The second-order valence-corrected chi connectivity index (χ2v) is 4.70. The summed E-state index contributed by atoms with van der Waals surface area (Å²) in [5, 5.41) is 31.5. The predicted molar refractivity (Wildman–Crippen MR) is 72.4 cm³/mol. The molecule has 1 aliphatic rings. The van der Waals surface area contributed by atoms with Gasteiger partial charge in [0.2, 0.25) is 0 Å². The summed E-state index contributed by atoms with van der Waals surface area (Å²) in [6.45, 7) is 0.239. The molecule has 1 aliphatic heterocycles. The van der Waals surface area contributed by atoms with Gasteiger partial charge in [-0.25, -0.2) is 4.79 Å². The number of carboxylic acids is 1. The first-order chi connectivity index (χ1) is 9.93. The molecule has 0 aliphatic carbocycles. The van der Waals surface area contributed by atoms with Crippen molar-refractivity contribution in [2.75, 3.05) is 11.4 Å². The summed E-state index contributed by atoms with van der Waals surface area (Å²) in [5.74, 6) is -1.14. The third-order valence-corrected chi connectivity index (χ3v) is 3.46.